The normalized spacial score (nSPS) is 19.2. The molecular formula is C32H28N4O4S. The third-order valence-corrected chi connectivity index (χ3v) is 9.73. The Hall–Kier alpha value is -4.34. The van der Waals surface area contributed by atoms with Crippen LogP contribution in [0, 0.1) is 5.92 Å². The highest BCUT2D eigenvalue weighted by atomic mass is 32.2. The van der Waals surface area contributed by atoms with E-state index in [4.69, 9.17) is 19.5 Å². The first-order valence-corrected chi connectivity index (χ1v) is 15.1. The average Bonchev–Trinajstić information content (AvgIpc) is 3.70. The van der Waals surface area contributed by atoms with Crippen molar-refractivity contribution in [2.45, 2.75) is 23.8 Å². The minimum absolute atomic E-state index is 0.0552. The molecule has 3 aliphatic heterocycles. The fraction of sp³-hybridized carbons (Fsp3) is 0.219. The van der Waals surface area contributed by atoms with Crippen molar-refractivity contribution in [3.05, 3.63) is 108 Å². The average molecular weight is 565 g/mol. The minimum Gasteiger partial charge on any atom is -0.454 e. The molecule has 1 unspecified atom stereocenters. The maximum Gasteiger partial charge on any atom is 0.243 e. The summed E-state index contributed by atoms with van der Waals surface area (Å²) < 4.78 is 39.6. The van der Waals surface area contributed by atoms with Gasteiger partial charge in [0.1, 0.15) is 11.9 Å². The van der Waals surface area contributed by atoms with E-state index in [9.17, 15) is 8.42 Å². The van der Waals surface area contributed by atoms with Crippen LogP contribution in [0.4, 0.5) is 0 Å². The lowest BCUT2D eigenvalue weighted by molar-refractivity contribution is 0.174. The fourth-order valence-electron chi connectivity index (χ4n) is 5.58. The number of hydrogen-bond acceptors (Lipinski definition) is 7. The van der Waals surface area contributed by atoms with Crippen molar-refractivity contribution in [2.75, 3.05) is 19.9 Å². The van der Waals surface area contributed by atoms with Gasteiger partial charge in [-0.3, -0.25) is 9.98 Å². The summed E-state index contributed by atoms with van der Waals surface area (Å²) >= 11 is 0. The number of hydrogen-bond donors (Lipinski definition) is 0. The van der Waals surface area contributed by atoms with Crippen LogP contribution < -0.4 is 9.47 Å². The molecule has 0 spiro atoms. The Bertz CT molecular complexity index is 1730. The zero-order valence-electron chi connectivity index (χ0n) is 22.3. The van der Waals surface area contributed by atoms with Gasteiger partial charge in [0.2, 0.25) is 16.8 Å². The third-order valence-electron chi connectivity index (χ3n) is 7.81. The van der Waals surface area contributed by atoms with E-state index in [1.54, 1.807) is 22.6 Å². The van der Waals surface area contributed by atoms with Crippen molar-refractivity contribution in [2.24, 2.45) is 15.9 Å². The van der Waals surface area contributed by atoms with E-state index < -0.39 is 10.0 Å². The number of benzene rings is 3. The number of piperidine rings is 1. The summed E-state index contributed by atoms with van der Waals surface area (Å²) in [7, 11) is -3.60. The SMILES string of the molecule is O=S(=O)(c1ccc(-c2ccccc2)cc1)N1CCC(C2=NC(c3ccc4c(c3)OCO4)C(c3ccccn3)=N2)CC1. The van der Waals surface area contributed by atoms with E-state index >= 15 is 0 Å². The molecule has 0 aliphatic carbocycles. The van der Waals surface area contributed by atoms with Crippen molar-refractivity contribution in [1.82, 2.24) is 9.29 Å². The summed E-state index contributed by atoms with van der Waals surface area (Å²) in [4.78, 5) is 14.9. The van der Waals surface area contributed by atoms with Crippen LogP contribution in [-0.4, -0.2) is 49.1 Å². The quantitative estimate of drug-likeness (QED) is 0.307. The highest BCUT2D eigenvalue weighted by Gasteiger charge is 2.35. The highest BCUT2D eigenvalue weighted by molar-refractivity contribution is 7.89. The largest absolute Gasteiger partial charge is 0.454 e. The number of pyridine rings is 1. The number of aromatic nitrogens is 1. The third kappa shape index (κ3) is 4.92. The van der Waals surface area contributed by atoms with E-state index in [0.29, 0.717) is 36.6 Å². The fourth-order valence-corrected chi connectivity index (χ4v) is 7.05. The van der Waals surface area contributed by atoms with Gasteiger partial charge in [0, 0.05) is 25.2 Å². The molecule has 4 aromatic rings. The molecule has 9 heteroatoms. The molecule has 7 rings (SSSR count). The van der Waals surface area contributed by atoms with Gasteiger partial charge in [-0.05, 0) is 65.9 Å². The second kappa shape index (κ2) is 10.6. The zero-order valence-corrected chi connectivity index (χ0v) is 23.1. The number of amidine groups is 1. The number of aliphatic imine (C=N–C) groups is 2. The Morgan fingerprint density at radius 2 is 1.51 bits per heavy atom. The van der Waals surface area contributed by atoms with Gasteiger partial charge < -0.3 is 9.47 Å². The molecule has 1 saturated heterocycles. The predicted molar refractivity (Wildman–Crippen MR) is 157 cm³/mol. The predicted octanol–water partition coefficient (Wildman–Crippen LogP) is 5.52. The summed E-state index contributed by atoms with van der Waals surface area (Å²) in [6.07, 6.45) is 3.04. The van der Waals surface area contributed by atoms with E-state index in [0.717, 1.165) is 39.7 Å². The monoisotopic (exact) mass is 564 g/mol. The standard InChI is InChI=1S/C32H28N4O4S/c37-41(38,26-12-9-23(10-13-26)22-6-2-1-3-7-22)36-18-15-24(16-19-36)32-34-30(31(35-32)27-8-4-5-17-33-27)25-11-14-28-29(20-25)40-21-39-28/h1-14,17,20,24,30H,15-16,18-19,21H2. The van der Waals surface area contributed by atoms with Crippen LogP contribution in [-0.2, 0) is 10.0 Å². The van der Waals surface area contributed by atoms with Crippen LogP contribution in [0.2, 0.25) is 0 Å². The molecule has 0 N–H and O–H groups in total. The second-order valence-corrected chi connectivity index (χ2v) is 12.2. The zero-order chi connectivity index (χ0) is 27.8. The first-order valence-electron chi connectivity index (χ1n) is 13.7. The van der Waals surface area contributed by atoms with Crippen LogP contribution in [0.3, 0.4) is 0 Å². The molecule has 41 heavy (non-hydrogen) atoms. The van der Waals surface area contributed by atoms with Crippen LogP contribution in [0.5, 0.6) is 11.5 Å². The van der Waals surface area contributed by atoms with Crippen LogP contribution in [0.1, 0.15) is 30.1 Å². The number of sulfonamides is 1. The summed E-state index contributed by atoms with van der Waals surface area (Å²) in [5.74, 6) is 2.22. The van der Waals surface area contributed by atoms with Gasteiger partial charge >= 0.3 is 0 Å². The summed E-state index contributed by atoms with van der Waals surface area (Å²) in [5, 5.41) is 0. The molecule has 1 fully saturated rings. The number of ether oxygens (including phenoxy) is 2. The Morgan fingerprint density at radius 3 is 2.27 bits per heavy atom. The van der Waals surface area contributed by atoms with Gasteiger partial charge in [-0.1, -0.05) is 54.6 Å². The molecule has 3 aliphatic rings. The lowest BCUT2D eigenvalue weighted by atomic mass is 9.97. The van der Waals surface area contributed by atoms with Crippen molar-refractivity contribution >= 4 is 21.6 Å². The van der Waals surface area contributed by atoms with Crippen molar-refractivity contribution < 1.29 is 17.9 Å². The molecule has 206 valence electrons. The van der Waals surface area contributed by atoms with Gasteiger partial charge in [0.25, 0.3) is 0 Å². The van der Waals surface area contributed by atoms with Gasteiger partial charge in [-0.15, -0.1) is 0 Å². The van der Waals surface area contributed by atoms with Gasteiger partial charge in [-0.25, -0.2) is 13.4 Å². The van der Waals surface area contributed by atoms with Gasteiger partial charge in [0.15, 0.2) is 11.5 Å². The van der Waals surface area contributed by atoms with Gasteiger partial charge in [0.05, 0.1) is 16.3 Å². The number of nitrogens with zero attached hydrogens (tertiary/aromatic N) is 4. The maximum absolute atomic E-state index is 13.5. The Balaban J connectivity index is 1.10. The molecule has 0 amide bonds. The smallest absolute Gasteiger partial charge is 0.243 e. The van der Waals surface area contributed by atoms with E-state index in [2.05, 4.69) is 4.98 Å². The van der Waals surface area contributed by atoms with Crippen LogP contribution in [0.25, 0.3) is 11.1 Å². The molecule has 0 bridgehead atoms. The maximum atomic E-state index is 13.5. The summed E-state index contributed by atoms with van der Waals surface area (Å²) in [6.45, 7) is 1.03. The first kappa shape index (κ1) is 25.6. The van der Waals surface area contributed by atoms with Crippen LogP contribution >= 0.6 is 0 Å². The number of rotatable bonds is 6. The van der Waals surface area contributed by atoms with E-state index in [-0.39, 0.29) is 18.8 Å². The second-order valence-electron chi connectivity index (χ2n) is 10.3. The van der Waals surface area contributed by atoms with Crippen molar-refractivity contribution in [1.29, 1.82) is 0 Å². The summed E-state index contributed by atoms with van der Waals surface area (Å²) in [5.41, 5.74) is 4.55. The Labute approximate surface area is 239 Å². The molecule has 4 heterocycles. The first-order chi connectivity index (χ1) is 20.1. The molecule has 0 saturated carbocycles. The Kier molecular flexibility index (Phi) is 6.60. The highest BCUT2D eigenvalue weighted by Crippen LogP contribution is 2.38. The van der Waals surface area contributed by atoms with Crippen molar-refractivity contribution in [3.8, 4) is 22.6 Å². The molecule has 0 radical (unpaired) electrons. The molecule has 8 nitrogen and oxygen atoms in total. The lowest BCUT2D eigenvalue weighted by Gasteiger charge is -2.30. The van der Waals surface area contributed by atoms with E-state index in [1.165, 1.54) is 0 Å². The lowest BCUT2D eigenvalue weighted by Crippen LogP contribution is -2.39. The Morgan fingerprint density at radius 1 is 0.780 bits per heavy atom. The number of fused-ring (bicyclic) bond motifs is 1. The topological polar surface area (TPSA) is 93.5 Å². The molecule has 1 atom stereocenters. The van der Waals surface area contributed by atoms with Gasteiger partial charge in [-0.2, -0.15) is 4.31 Å². The molecular weight excluding hydrogens is 536 g/mol. The summed E-state index contributed by atoms with van der Waals surface area (Å²) in [6, 6.07) is 28.3. The van der Waals surface area contributed by atoms with Crippen molar-refractivity contribution in [3.63, 3.8) is 0 Å². The molecule has 1 aromatic heterocycles. The molecule has 3 aromatic carbocycles. The minimum atomic E-state index is -3.60. The van der Waals surface area contributed by atoms with Crippen LogP contribution in [0.15, 0.2) is 112 Å². The van der Waals surface area contributed by atoms with E-state index in [1.807, 2.05) is 78.9 Å².